The Hall–Kier alpha value is -1.67. The van der Waals surface area contributed by atoms with Crippen molar-refractivity contribution in [2.75, 3.05) is 0 Å². The first-order chi connectivity index (χ1) is 9.38. The second-order valence-electron chi connectivity index (χ2n) is 5.12. The monoisotopic (exact) mass is 290 g/mol. The molecule has 2 rings (SSSR count). The van der Waals surface area contributed by atoms with Crippen LogP contribution in [0.2, 0.25) is 5.02 Å². The van der Waals surface area contributed by atoms with E-state index in [0.29, 0.717) is 0 Å². The molecule has 1 nitrogen and oxygen atoms in total. The van der Waals surface area contributed by atoms with Gasteiger partial charge in [-0.2, -0.15) is 0 Å². The summed E-state index contributed by atoms with van der Waals surface area (Å²) < 4.78 is 13.1. The van der Waals surface area contributed by atoms with E-state index in [1.165, 1.54) is 12.1 Å². The average Bonchev–Trinajstić information content (AvgIpc) is 2.32. The topological polar surface area (TPSA) is 17.1 Å². The number of carbonyl (C=O) groups is 1. The molecule has 0 unspecified atom stereocenters. The molecule has 0 saturated heterocycles. The maximum absolute atomic E-state index is 13.1. The molecule has 0 spiro atoms. The van der Waals surface area contributed by atoms with Gasteiger partial charge >= 0.3 is 0 Å². The summed E-state index contributed by atoms with van der Waals surface area (Å²) >= 11 is 5.74. The molecule has 3 heteroatoms. The molecule has 2 aromatic rings. The third-order valence-electron chi connectivity index (χ3n) is 3.30. The zero-order valence-electron chi connectivity index (χ0n) is 11.8. The molecule has 0 amide bonds. The predicted octanol–water partition coefficient (Wildman–Crippen LogP) is 4.83. The number of Topliss-reactive ketones (excluding diaryl/α,β-unsaturated/α-hetero) is 1. The number of benzene rings is 2. The fraction of sp³-hybridized carbons (Fsp3) is 0.235. The zero-order chi connectivity index (χ0) is 14.9. The molecule has 0 radical (unpaired) electrons. The SMILES string of the molecule is Cc1cc(C)c(C(=O)Cc2ccc(F)c(Cl)c2)c(C)c1. The highest BCUT2D eigenvalue weighted by Gasteiger charge is 2.14. The van der Waals surface area contributed by atoms with E-state index in [9.17, 15) is 9.18 Å². The molecule has 0 bridgehead atoms. The molecule has 0 aliphatic heterocycles. The Morgan fingerprint density at radius 1 is 1.10 bits per heavy atom. The number of halogens is 2. The number of hydrogen-bond donors (Lipinski definition) is 0. The van der Waals surface area contributed by atoms with Gasteiger partial charge in [-0.05, 0) is 49.6 Å². The molecule has 104 valence electrons. The summed E-state index contributed by atoms with van der Waals surface area (Å²) in [5, 5.41) is 0.0488. The Balaban J connectivity index is 2.31. The Kier molecular flexibility index (Phi) is 4.24. The number of rotatable bonds is 3. The van der Waals surface area contributed by atoms with Gasteiger partial charge in [0.15, 0.2) is 5.78 Å². The molecular formula is C17H16ClFO. The summed E-state index contributed by atoms with van der Waals surface area (Å²) in [6.07, 6.45) is 0.227. The largest absolute Gasteiger partial charge is 0.294 e. The molecule has 0 saturated carbocycles. The van der Waals surface area contributed by atoms with Gasteiger partial charge in [0.1, 0.15) is 5.82 Å². The fourth-order valence-corrected chi connectivity index (χ4v) is 2.75. The van der Waals surface area contributed by atoms with Crippen molar-refractivity contribution in [2.45, 2.75) is 27.2 Å². The summed E-state index contributed by atoms with van der Waals surface area (Å²) in [4.78, 5) is 12.4. The molecule has 0 fully saturated rings. The van der Waals surface area contributed by atoms with Crippen LogP contribution in [0, 0.1) is 26.6 Å². The predicted molar refractivity (Wildman–Crippen MR) is 80.1 cm³/mol. The van der Waals surface area contributed by atoms with Crippen molar-refractivity contribution in [3.63, 3.8) is 0 Å². The highest BCUT2D eigenvalue weighted by molar-refractivity contribution is 6.30. The smallest absolute Gasteiger partial charge is 0.167 e. The fourth-order valence-electron chi connectivity index (χ4n) is 2.54. The van der Waals surface area contributed by atoms with Crippen molar-refractivity contribution in [1.82, 2.24) is 0 Å². The summed E-state index contributed by atoms with van der Waals surface area (Å²) in [6.45, 7) is 5.88. The van der Waals surface area contributed by atoms with Gasteiger partial charge in [-0.3, -0.25) is 4.79 Å². The number of ketones is 1. The van der Waals surface area contributed by atoms with Crippen molar-refractivity contribution in [1.29, 1.82) is 0 Å². The lowest BCUT2D eigenvalue weighted by atomic mass is 9.93. The summed E-state index contributed by atoms with van der Waals surface area (Å²) in [7, 11) is 0. The lowest BCUT2D eigenvalue weighted by Gasteiger charge is -2.10. The number of hydrogen-bond acceptors (Lipinski definition) is 1. The van der Waals surface area contributed by atoms with Gasteiger partial charge in [0.05, 0.1) is 5.02 Å². The summed E-state index contributed by atoms with van der Waals surface area (Å²) in [6, 6.07) is 8.39. The number of carbonyl (C=O) groups excluding carboxylic acids is 1. The van der Waals surface area contributed by atoms with E-state index in [1.54, 1.807) is 6.07 Å². The van der Waals surface area contributed by atoms with E-state index >= 15 is 0 Å². The van der Waals surface area contributed by atoms with Crippen LogP contribution in [0.5, 0.6) is 0 Å². The third kappa shape index (κ3) is 3.07. The van der Waals surface area contributed by atoms with Crippen LogP contribution < -0.4 is 0 Å². The van der Waals surface area contributed by atoms with Crippen LogP contribution in [0.15, 0.2) is 30.3 Å². The van der Waals surface area contributed by atoms with Crippen molar-refractivity contribution in [2.24, 2.45) is 0 Å². The van der Waals surface area contributed by atoms with Crippen molar-refractivity contribution < 1.29 is 9.18 Å². The van der Waals surface area contributed by atoms with E-state index in [1.807, 2.05) is 32.9 Å². The van der Waals surface area contributed by atoms with Gasteiger partial charge in [-0.15, -0.1) is 0 Å². The van der Waals surface area contributed by atoms with Crippen molar-refractivity contribution in [3.8, 4) is 0 Å². The molecule has 0 aliphatic carbocycles. The molecule has 0 N–H and O–H groups in total. The molecule has 20 heavy (non-hydrogen) atoms. The van der Waals surface area contributed by atoms with E-state index in [2.05, 4.69) is 0 Å². The van der Waals surface area contributed by atoms with E-state index < -0.39 is 5.82 Å². The van der Waals surface area contributed by atoms with Gasteiger partial charge in [0.25, 0.3) is 0 Å². The van der Waals surface area contributed by atoms with E-state index in [-0.39, 0.29) is 17.2 Å². The first kappa shape index (κ1) is 14.7. The molecule has 0 atom stereocenters. The van der Waals surface area contributed by atoms with Gasteiger partial charge in [-0.25, -0.2) is 4.39 Å². The molecule has 0 heterocycles. The lowest BCUT2D eigenvalue weighted by molar-refractivity contribution is 0.0992. The van der Waals surface area contributed by atoms with Gasteiger partial charge in [0, 0.05) is 12.0 Å². The molecular weight excluding hydrogens is 275 g/mol. The van der Waals surface area contributed by atoms with Gasteiger partial charge < -0.3 is 0 Å². The highest BCUT2D eigenvalue weighted by Crippen LogP contribution is 2.21. The van der Waals surface area contributed by atoms with Crippen LogP contribution in [0.4, 0.5) is 4.39 Å². The average molecular weight is 291 g/mol. The standard InChI is InChI=1S/C17H16ClFO/c1-10-6-11(2)17(12(3)7-10)16(20)9-13-4-5-15(19)14(18)8-13/h4-8H,9H2,1-3H3. The van der Waals surface area contributed by atoms with Crippen LogP contribution in [0.3, 0.4) is 0 Å². The minimum Gasteiger partial charge on any atom is -0.294 e. The van der Waals surface area contributed by atoms with Crippen LogP contribution >= 0.6 is 11.6 Å². The zero-order valence-corrected chi connectivity index (χ0v) is 12.5. The second-order valence-corrected chi connectivity index (χ2v) is 5.53. The van der Waals surface area contributed by atoms with Gasteiger partial charge in [0.2, 0.25) is 0 Å². The van der Waals surface area contributed by atoms with E-state index in [4.69, 9.17) is 11.6 Å². The highest BCUT2D eigenvalue weighted by atomic mass is 35.5. The summed E-state index contributed by atoms with van der Waals surface area (Å²) in [5.74, 6) is -0.437. The van der Waals surface area contributed by atoms with Crippen molar-refractivity contribution in [3.05, 3.63) is 69.0 Å². The molecule has 0 aromatic heterocycles. The Morgan fingerprint density at radius 3 is 2.25 bits per heavy atom. The van der Waals surface area contributed by atoms with E-state index in [0.717, 1.165) is 27.8 Å². The van der Waals surface area contributed by atoms with Gasteiger partial charge in [-0.1, -0.05) is 35.4 Å². The normalized spacial score (nSPS) is 10.7. The second kappa shape index (κ2) is 5.76. The minimum absolute atomic E-state index is 0.0303. The van der Waals surface area contributed by atoms with Crippen LogP contribution in [-0.4, -0.2) is 5.78 Å². The molecule has 0 aliphatic rings. The van der Waals surface area contributed by atoms with Crippen molar-refractivity contribution >= 4 is 17.4 Å². The summed E-state index contributed by atoms with van der Waals surface area (Å²) in [5.41, 5.74) is 4.56. The first-order valence-electron chi connectivity index (χ1n) is 6.43. The van der Waals surface area contributed by atoms with Crippen LogP contribution in [0.25, 0.3) is 0 Å². The maximum Gasteiger partial charge on any atom is 0.167 e. The van der Waals surface area contributed by atoms with Crippen LogP contribution in [0.1, 0.15) is 32.6 Å². The number of aryl methyl sites for hydroxylation is 3. The Labute approximate surface area is 123 Å². The Morgan fingerprint density at radius 2 is 1.70 bits per heavy atom. The lowest BCUT2D eigenvalue weighted by Crippen LogP contribution is -2.08. The van der Waals surface area contributed by atoms with Crippen LogP contribution in [-0.2, 0) is 6.42 Å². The Bertz CT molecular complexity index is 654. The minimum atomic E-state index is -0.467. The quantitative estimate of drug-likeness (QED) is 0.740. The molecule has 2 aromatic carbocycles. The third-order valence-corrected chi connectivity index (χ3v) is 3.59. The first-order valence-corrected chi connectivity index (χ1v) is 6.81. The maximum atomic E-state index is 13.1.